The summed E-state index contributed by atoms with van der Waals surface area (Å²) in [5.41, 5.74) is 0.367. The van der Waals surface area contributed by atoms with E-state index < -0.39 is 0 Å². The number of halogens is 2. The highest BCUT2D eigenvalue weighted by atomic mass is 127. The van der Waals surface area contributed by atoms with E-state index in [4.69, 9.17) is 4.74 Å². The van der Waals surface area contributed by atoms with Crippen molar-refractivity contribution in [3.8, 4) is 0 Å². The molecule has 152 valence electrons. The average Bonchev–Trinajstić information content (AvgIpc) is 3.27. The van der Waals surface area contributed by atoms with Gasteiger partial charge in [-0.05, 0) is 50.2 Å². The Morgan fingerprint density at radius 2 is 2.30 bits per heavy atom. The van der Waals surface area contributed by atoms with Crippen LogP contribution in [-0.4, -0.2) is 56.9 Å². The Hall–Kier alpha value is -1.16. The van der Waals surface area contributed by atoms with Crippen molar-refractivity contribution in [2.75, 3.05) is 44.8 Å². The normalized spacial score (nSPS) is 20.9. The summed E-state index contributed by atoms with van der Waals surface area (Å²) in [6, 6.07) is 3.32. The van der Waals surface area contributed by atoms with Crippen molar-refractivity contribution in [1.29, 1.82) is 0 Å². The van der Waals surface area contributed by atoms with Gasteiger partial charge in [-0.1, -0.05) is 0 Å². The fourth-order valence-corrected chi connectivity index (χ4v) is 3.46. The molecule has 2 N–H and O–H groups in total. The number of pyridine rings is 1. The van der Waals surface area contributed by atoms with Crippen LogP contribution >= 0.6 is 24.0 Å². The Morgan fingerprint density at radius 3 is 2.96 bits per heavy atom. The predicted octanol–water partition coefficient (Wildman–Crippen LogP) is 2.79. The molecule has 8 heteroatoms. The van der Waals surface area contributed by atoms with Crippen LogP contribution in [0.25, 0.3) is 0 Å². The summed E-state index contributed by atoms with van der Waals surface area (Å²) in [7, 11) is 1.79. The number of rotatable bonds is 8. The van der Waals surface area contributed by atoms with E-state index in [0.717, 1.165) is 51.6 Å². The summed E-state index contributed by atoms with van der Waals surface area (Å²) in [5.74, 6) is 0.995. The lowest BCUT2D eigenvalue weighted by Gasteiger charge is -2.22. The molecule has 1 saturated carbocycles. The highest BCUT2D eigenvalue weighted by Gasteiger charge is 2.42. The molecule has 27 heavy (non-hydrogen) atoms. The summed E-state index contributed by atoms with van der Waals surface area (Å²) < 4.78 is 19.4. The molecule has 1 aliphatic carbocycles. The van der Waals surface area contributed by atoms with Crippen LogP contribution in [0.4, 0.5) is 10.2 Å². The maximum Gasteiger partial charge on any atom is 0.191 e. The first-order valence-electron chi connectivity index (χ1n) is 9.56. The van der Waals surface area contributed by atoms with Gasteiger partial charge in [-0.2, -0.15) is 0 Å². The Balaban J connectivity index is 0.00000261. The lowest BCUT2D eigenvalue weighted by molar-refractivity contribution is 0.128. The number of aliphatic imine (C=N–C) groups is 1. The van der Waals surface area contributed by atoms with Crippen molar-refractivity contribution >= 4 is 35.8 Å². The number of aromatic nitrogens is 1. The highest BCUT2D eigenvalue weighted by molar-refractivity contribution is 14.0. The molecule has 0 radical (unpaired) electrons. The average molecular weight is 491 g/mol. The Labute approximate surface area is 178 Å². The Morgan fingerprint density at radius 1 is 1.48 bits per heavy atom. The second-order valence-corrected chi connectivity index (χ2v) is 7.26. The topological polar surface area (TPSA) is 61.8 Å². The van der Waals surface area contributed by atoms with Crippen LogP contribution in [0.5, 0.6) is 0 Å². The smallest absolute Gasteiger partial charge is 0.191 e. The third kappa shape index (κ3) is 6.17. The van der Waals surface area contributed by atoms with Crippen LogP contribution in [0.3, 0.4) is 0 Å². The number of ether oxygens (including phenoxy) is 1. The van der Waals surface area contributed by atoms with E-state index >= 15 is 0 Å². The molecule has 0 aromatic carbocycles. The molecule has 1 saturated heterocycles. The molecule has 1 aliphatic heterocycles. The maximum atomic E-state index is 13.9. The van der Waals surface area contributed by atoms with Crippen molar-refractivity contribution in [2.24, 2.45) is 10.4 Å². The van der Waals surface area contributed by atoms with Crippen molar-refractivity contribution in [3.05, 3.63) is 24.1 Å². The molecular formula is C19H31FIN5O. The summed E-state index contributed by atoms with van der Waals surface area (Å²) in [6.07, 6.45) is 6.17. The van der Waals surface area contributed by atoms with E-state index in [9.17, 15) is 4.39 Å². The van der Waals surface area contributed by atoms with Crippen LogP contribution in [0, 0.1) is 11.2 Å². The second kappa shape index (κ2) is 10.4. The van der Waals surface area contributed by atoms with Crippen LogP contribution in [-0.2, 0) is 4.74 Å². The van der Waals surface area contributed by atoms with Gasteiger partial charge < -0.3 is 20.3 Å². The molecule has 1 unspecified atom stereocenters. The van der Waals surface area contributed by atoms with Gasteiger partial charge in [0.25, 0.3) is 0 Å². The molecule has 2 aliphatic rings. The lowest BCUT2D eigenvalue weighted by Crippen LogP contribution is -2.46. The summed E-state index contributed by atoms with van der Waals surface area (Å²) in [4.78, 5) is 10.5. The van der Waals surface area contributed by atoms with Crippen molar-refractivity contribution in [1.82, 2.24) is 15.6 Å². The SMILES string of the molecule is CCOCCC1(CNC(=NC)NC2CCN(c3ncccc3F)C2)CC1.I. The van der Waals surface area contributed by atoms with Gasteiger partial charge in [0.05, 0.1) is 0 Å². The van der Waals surface area contributed by atoms with E-state index in [1.54, 1.807) is 19.3 Å². The van der Waals surface area contributed by atoms with Crippen LogP contribution in [0.1, 0.15) is 32.6 Å². The third-order valence-corrected chi connectivity index (χ3v) is 5.36. The minimum absolute atomic E-state index is 0. The van der Waals surface area contributed by atoms with Crippen molar-refractivity contribution in [2.45, 2.75) is 38.6 Å². The van der Waals surface area contributed by atoms with E-state index in [1.807, 2.05) is 11.8 Å². The fourth-order valence-electron chi connectivity index (χ4n) is 3.46. The first-order valence-corrected chi connectivity index (χ1v) is 9.56. The number of nitrogens with zero attached hydrogens (tertiary/aromatic N) is 3. The zero-order valence-electron chi connectivity index (χ0n) is 16.2. The lowest BCUT2D eigenvalue weighted by atomic mass is 10.0. The maximum absolute atomic E-state index is 13.9. The first kappa shape index (κ1) is 22.1. The van der Waals surface area contributed by atoms with Gasteiger partial charge >= 0.3 is 0 Å². The molecule has 6 nitrogen and oxygen atoms in total. The minimum Gasteiger partial charge on any atom is -0.382 e. The second-order valence-electron chi connectivity index (χ2n) is 7.26. The molecule has 1 atom stereocenters. The fraction of sp³-hybridized carbons (Fsp3) is 0.684. The van der Waals surface area contributed by atoms with Crippen LogP contribution in [0.2, 0.25) is 0 Å². The molecule has 0 amide bonds. The molecular weight excluding hydrogens is 460 g/mol. The molecule has 1 aromatic rings. The number of hydrogen-bond acceptors (Lipinski definition) is 4. The summed E-state index contributed by atoms with van der Waals surface area (Å²) in [5, 5.41) is 6.94. The van der Waals surface area contributed by atoms with Crippen molar-refractivity contribution in [3.63, 3.8) is 0 Å². The number of guanidine groups is 1. The van der Waals surface area contributed by atoms with Crippen LogP contribution in [0.15, 0.2) is 23.3 Å². The standard InChI is InChI=1S/C19H30FN5O.HI/c1-3-26-12-9-19(7-8-19)14-23-18(21-2)24-15-6-11-25(13-15)17-16(20)5-4-10-22-17;/h4-5,10,15H,3,6-9,11-14H2,1-2H3,(H2,21,23,24);1H. The van der Waals surface area contributed by atoms with Gasteiger partial charge in [0.2, 0.25) is 0 Å². The Bertz CT molecular complexity index is 626. The Kier molecular flexibility index (Phi) is 8.53. The van der Waals surface area contributed by atoms with E-state index in [1.165, 1.54) is 18.9 Å². The molecule has 2 heterocycles. The number of hydrogen-bond donors (Lipinski definition) is 2. The van der Waals surface area contributed by atoms with Gasteiger partial charge in [0.1, 0.15) is 0 Å². The third-order valence-electron chi connectivity index (χ3n) is 5.36. The van der Waals surface area contributed by atoms with Gasteiger partial charge in [0, 0.05) is 52.1 Å². The summed E-state index contributed by atoms with van der Waals surface area (Å²) >= 11 is 0. The molecule has 3 rings (SSSR count). The van der Waals surface area contributed by atoms with E-state index in [0.29, 0.717) is 11.2 Å². The molecule has 0 bridgehead atoms. The van der Waals surface area contributed by atoms with Crippen molar-refractivity contribution < 1.29 is 9.13 Å². The highest BCUT2D eigenvalue weighted by Crippen LogP contribution is 2.48. The molecule has 1 aromatic heterocycles. The number of anilines is 1. The monoisotopic (exact) mass is 491 g/mol. The van der Waals surface area contributed by atoms with Gasteiger partial charge in [-0.3, -0.25) is 4.99 Å². The van der Waals surface area contributed by atoms with Gasteiger partial charge in [-0.15, -0.1) is 24.0 Å². The summed E-state index contributed by atoms with van der Waals surface area (Å²) in [6.45, 7) is 6.08. The predicted molar refractivity (Wildman–Crippen MR) is 118 cm³/mol. The number of nitrogens with one attached hydrogen (secondary N) is 2. The zero-order chi connectivity index (χ0) is 18.4. The van der Waals surface area contributed by atoms with Gasteiger partial charge in [0.15, 0.2) is 17.6 Å². The largest absolute Gasteiger partial charge is 0.382 e. The molecule has 2 fully saturated rings. The first-order chi connectivity index (χ1) is 12.7. The quantitative estimate of drug-likeness (QED) is 0.254. The van der Waals surface area contributed by atoms with Gasteiger partial charge in [-0.25, -0.2) is 9.37 Å². The molecule has 0 spiro atoms. The minimum atomic E-state index is -0.263. The van der Waals surface area contributed by atoms with E-state index in [-0.39, 0.29) is 35.8 Å². The zero-order valence-corrected chi connectivity index (χ0v) is 18.5. The van der Waals surface area contributed by atoms with Crippen LogP contribution < -0.4 is 15.5 Å². The van der Waals surface area contributed by atoms with E-state index in [2.05, 4.69) is 20.6 Å².